The molecule has 6 nitrogen and oxygen atoms in total. The van der Waals surface area contributed by atoms with Gasteiger partial charge < -0.3 is 15.1 Å². The van der Waals surface area contributed by atoms with Gasteiger partial charge in [-0.2, -0.15) is 0 Å². The third-order valence-corrected chi connectivity index (χ3v) is 5.36. The van der Waals surface area contributed by atoms with Crippen LogP contribution >= 0.6 is 24.0 Å². The number of aromatic nitrogens is 1. The normalized spacial score (nSPS) is 21.5. The second-order valence-corrected chi connectivity index (χ2v) is 7.77. The Bertz CT molecular complexity index is 571. The van der Waals surface area contributed by atoms with Crippen molar-refractivity contribution in [2.24, 2.45) is 10.9 Å². The van der Waals surface area contributed by atoms with Crippen LogP contribution in [-0.4, -0.2) is 79.6 Å². The van der Waals surface area contributed by atoms with Gasteiger partial charge in [0.05, 0.1) is 0 Å². The van der Waals surface area contributed by atoms with Crippen molar-refractivity contribution in [2.75, 3.05) is 57.8 Å². The SMILES string of the molecule is CN=C(NC[C@H]1CCCN1CC(C)C)N1CCN(c2ccccn2)CC1.I. The van der Waals surface area contributed by atoms with Gasteiger partial charge in [-0.25, -0.2) is 4.98 Å². The summed E-state index contributed by atoms with van der Waals surface area (Å²) in [7, 11) is 1.90. The first kappa shape index (κ1) is 22.2. The predicted molar refractivity (Wildman–Crippen MR) is 124 cm³/mol. The van der Waals surface area contributed by atoms with E-state index in [2.05, 4.69) is 56.0 Å². The molecule has 2 saturated heterocycles. The van der Waals surface area contributed by atoms with E-state index in [1.165, 1.54) is 25.9 Å². The molecule has 152 valence electrons. The zero-order chi connectivity index (χ0) is 18.4. The van der Waals surface area contributed by atoms with Crippen LogP contribution in [0.3, 0.4) is 0 Å². The van der Waals surface area contributed by atoms with E-state index in [1.807, 2.05) is 19.3 Å². The smallest absolute Gasteiger partial charge is 0.193 e. The van der Waals surface area contributed by atoms with E-state index >= 15 is 0 Å². The van der Waals surface area contributed by atoms with Crippen molar-refractivity contribution in [2.45, 2.75) is 32.7 Å². The molecule has 0 saturated carbocycles. The number of anilines is 1. The van der Waals surface area contributed by atoms with Crippen molar-refractivity contribution >= 4 is 35.8 Å². The summed E-state index contributed by atoms with van der Waals surface area (Å²) in [4.78, 5) is 16.4. The fourth-order valence-corrected chi connectivity index (χ4v) is 4.07. The summed E-state index contributed by atoms with van der Waals surface area (Å²) >= 11 is 0. The molecule has 0 radical (unpaired) electrons. The first-order valence-corrected chi connectivity index (χ1v) is 10.0. The second kappa shape index (κ2) is 11.0. The molecule has 7 heteroatoms. The first-order chi connectivity index (χ1) is 12.7. The maximum absolute atomic E-state index is 4.54. The van der Waals surface area contributed by atoms with E-state index in [9.17, 15) is 0 Å². The Morgan fingerprint density at radius 3 is 2.63 bits per heavy atom. The van der Waals surface area contributed by atoms with Crippen LogP contribution in [0, 0.1) is 5.92 Å². The van der Waals surface area contributed by atoms with Gasteiger partial charge in [0.2, 0.25) is 0 Å². The van der Waals surface area contributed by atoms with Crippen molar-refractivity contribution in [3.63, 3.8) is 0 Å². The highest BCUT2D eigenvalue weighted by Crippen LogP contribution is 2.18. The lowest BCUT2D eigenvalue weighted by molar-refractivity contribution is 0.225. The quantitative estimate of drug-likeness (QED) is 0.394. The molecule has 2 fully saturated rings. The van der Waals surface area contributed by atoms with Crippen LogP contribution < -0.4 is 10.2 Å². The summed E-state index contributed by atoms with van der Waals surface area (Å²) in [5.41, 5.74) is 0. The summed E-state index contributed by atoms with van der Waals surface area (Å²) in [5.74, 6) is 2.85. The molecule has 0 amide bonds. The highest BCUT2D eigenvalue weighted by atomic mass is 127. The van der Waals surface area contributed by atoms with E-state index in [-0.39, 0.29) is 24.0 Å². The molecule has 0 bridgehead atoms. The van der Waals surface area contributed by atoms with Gasteiger partial charge in [0.15, 0.2) is 5.96 Å². The predicted octanol–water partition coefficient (Wildman–Crippen LogP) is 2.52. The third kappa shape index (κ3) is 6.20. The minimum atomic E-state index is 0. The lowest BCUT2D eigenvalue weighted by atomic mass is 10.1. The van der Waals surface area contributed by atoms with Crippen molar-refractivity contribution in [3.8, 4) is 0 Å². The fraction of sp³-hybridized carbons (Fsp3) is 0.700. The van der Waals surface area contributed by atoms with Gasteiger partial charge in [-0.15, -0.1) is 24.0 Å². The van der Waals surface area contributed by atoms with Crippen LogP contribution in [0.2, 0.25) is 0 Å². The minimum Gasteiger partial charge on any atom is -0.355 e. The number of rotatable bonds is 5. The summed E-state index contributed by atoms with van der Waals surface area (Å²) < 4.78 is 0. The fourth-order valence-electron chi connectivity index (χ4n) is 4.07. The van der Waals surface area contributed by atoms with Gasteiger partial charge in [0.25, 0.3) is 0 Å². The van der Waals surface area contributed by atoms with E-state index in [4.69, 9.17) is 0 Å². The highest BCUT2D eigenvalue weighted by molar-refractivity contribution is 14.0. The lowest BCUT2D eigenvalue weighted by Crippen LogP contribution is -2.54. The van der Waals surface area contributed by atoms with Crippen LogP contribution in [0.4, 0.5) is 5.82 Å². The van der Waals surface area contributed by atoms with Gasteiger partial charge in [0, 0.05) is 58.6 Å². The zero-order valence-corrected chi connectivity index (χ0v) is 19.3. The van der Waals surface area contributed by atoms with Gasteiger partial charge in [0.1, 0.15) is 5.82 Å². The molecule has 1 aromatic heterocycles. The molecule has 1 aromatic rings. The molecule has 0 spiro atoms. The van der Waals surface area contributed by atoms with E-state index < -0.39 is 0 Å². The zero-order valence-electron chi connectivity index (χ0n) is 17.0. The first-order valence-electron chi connectivity index (χ1n) is 10.0. The molecule has 0 aromatic carbocycles. The number of halogens is 1. The molecular formula is C20H35IN6. The van der Waals surface area contributed by atoms with Crippen molar-refractivity contribution in [1.82, 2.24) is 20.1 Å². The Kier molecular flexibility index (Phi) is 9.08. The number of hydrogen-bond acceptors (Lipinski definition) is 4. The Morgan fingerprint density at radius 1 is 1.22 bits per heavy atom. The van der Waals surface area contributed by atoms with Gasteiger partial charge in [-0.1, -0.05) is 19.9 Å². The molecule has 3 heterocycles. The number of nitrogens with one attached hydrogen (secondary N) is 1. The molecule has 2 aliphatic heterocycles. The third-order valence-electron chi connectivity index (χ3n) is 5.36. The minimum absolute atomic E-state index is 0. The largest absolute Gasteiger partial charge is 0.355 e. The molecule has 2 aliphatic rings. The molecule has 0 aliphatic carbocycles. The van der Waals surface area contributed by atoms with Crippen LogP contribution in [0.1, 0.15) is 26.7 Å². The average Bonchev–Trinajstić information content (AvgIpc) is 3.10. The Morgan fingerprint density at radius 2 is 2.00 bits per heavy atom. The molecule has 1 N–H and O–H groups in total. The Labute approximate surface area is 181 Å². The Hall–Kier alpha value is -1.09. The van der Waals surface area contributed by atoms with Crippen LogP contribution in [0.25, 0.3) is 0 Å². The molecular weight excluding hydrogens is 451 g/mol. The molecule has 27 heavy (non-hydrogen) atoms. The van der Waals surface area contributed by atoms with Crippen LogP contribution in [0.15, 0.2) is 29.4 Å². The maximum Gasteiger partial charge on any atom is 0.193 e. The Balaban J connectivity index is 0.00000261. The van der Waals surface area contributed by atoms with Gasteiger partial charge in [-0.3, -0.25) is 9.89 Å². The number of nitrogens with zero attached hydrogens (tertiary/aromatic N) is 5. The van der Waals surface area contributed by atoms with Crippen molar-refractivity contribution in [1.29, 1.82) is 0 Å². The standard InChI is InChI=1S/C20H34N6.HI/c1-17(2)16-26-10-6-7-18(26)15-23-20(21-3)25-13-11-24(12-14-25)19-8-4-5-9-22-19;/h4-5,8-9,17-18H,6-7,10-16H2,1-3H3,(H,21,23);1H/t18-;/m1./s1. The average molecular weight is 486 g/mol. The van der Waals surface area contributed by atoms with Gasteiger partial charge in [-0.05, 0) is 37.4 Å². The van der Waals surface area contributed by atoms with Crippen molar-refractivity contribution in [3.05, 3.63) is 24.4 Å². The lowest BCUT2D eigenvalue weighted by Gasteiger charge is -2.37. The van der Waals surface area contributed by atoms with Crippen molar-refractivity contribution < 1.29 is 0 Å². The number of pyridine rings is 1. The van der Waals surface area contributed by atoms with E-state index in [1.54, 1.807) is 0 Å². The molecule has 0 unspecified atom stereocenters. The molecule has 3 rings (SSSR count). The van der Waals surface area contributed by atoms with Crippen LogP contribution in [0.5, 0.6) is 0 Å². The van der Waals surface area contributed by atoms with Crippen LogP contribution in [-0.2, 0) is 0 Å². The summed E-state index contributed by atoms with van der Waals surface area (Å²) in [6.07, 6.45) is 4.48. The summed E-state index contributed by atoms with van der Waals surface area (Å²) in [5, 5.41) is 3.64. The monoisotopic (exact) mass is 486 g/mol. The van der Waals surface area contributed by atoms with E-state index in [0.29, 0.717) is 6.04 Å². The highest BCUT2D eigenvalue weighted by Gasteiger charge is 2.26. The number of aliphatic imine (C=N–C) groups is 1. The second-order valence-electron chi connectivity index (χ2n) is 7.77. The number of guanidine groups is 1. The number of piperazine rings is 1. The number of likely N-dealkylation sites (tertiary alicyclic amines) is 1. The summed E-state index contributed by atoms with van der Waals surface area (Å²) in [6, 6.07) is 6.76. The summed E-state index contributed by atoms with van der Waals surface area (Å²) in [6.45, 7) is 12.0. The molecule has 1 atom stereocenters. The van der Waals surface area contributed by atoms with Gasteiger partial charge >= 0.3 is 0 Å². The topological polar surface area (TPSA) is 47.0 Å². The number of hydrogen-bond donors (Lipinski definition) is 1. The van der Waals surface area contributed by atoms with E-state index in [0.717, 1.165) is 50.4 Å². The maximum atomic E-state index is 4.54.